The van der Waals surface area contributed by atoms with Crippen molar-refractivity contribution in [3.63, 3.8) is 0 Å². The second-order valence-corrected chi connectivity index (χ2v) is 6.27. The van der Waals surface area contributed by atoms with E-state index in [4.69, 9.17) is 4.74 Å². The quantitative estimate of drug-likeness (QED) is 0.539. The molecule has 0 unspecified atom stereocenters. The molecule has 3 rings (SSSR count). The van der Waals surface area contributed by atoms with Crippen LogP contribution in [0.2, 0.25) is 0 Å². The lowest BCUT2D eigenvalue weighted by atomic mass is 10.2. The number of anilines is 2. The Morgan fingerprint density at radius 3 is 2.28 bits per heavy atom. The number of aromatic hydroxyl groups is 1. The smallest absolute Gasteiger partial charge is 0.290 e. The van der Waals surface area contributed by atoms with Gasteiger partial charge in [-0.3, -0.25) is 9.59 Å². The van der Waals surface area contributed by atoms with Crippen LogP contribution in [0.4, 0.5) is 11.4 Å². The zero-order valence-corrected chi connectivity index (χ0v) is 16.0. The first-order valence-electron chi connectivity index (χ1n) is 9.15. The van der Waals surface area contributed by atoms with Gasteiger partial charge in [0.2, 0.25) is 12.7 Å². The van der Waals surface area contributed by atoms with Gasteiger partial charge in [-0.1, -0.05) is 0 Å². The molecule has 0 atom stereocenters. The van der Waals surface area contributed by atoms with Crippen molar-refractivity contribution < 1.29 is 24.0 Å². The summed E-state index contributed by atoms with van der Waals surface area (Å²) in [5.74, 6) is 0.340. The number of aromatic nitrogens is 1. The lowest BCUT2D eigenvalue weighted by Gasteiger charge is -2.08. The van der Waals surface area contributed by atoms with Crippen molar-refractivity contribution in [2.75, 3.05) is 17.2 Å². The van der Waals surface area contributed by atoms with Gasteiger partial charge in [0, 0.05) is 23.0 Å². The number of amides is 2. The molecule has 0 fully saturated rings. The highest BCUT2D eigenvalue weighted by Gasteiger charge is 2.11. The number of benzene rings is 2. The summed E-state index contributed by atoms with van der Waals surface area (Å²) in [6.45, 7) is 2.56. The highest BCUT2D eigenvalue weighted by atomic mass is 16.5. The molecule has 0 aliphatic carbocycles. The summed E-state index contributed by atoms with van der Waals surface area (Å²) in [5.41, 5.74) is 1.71. The molecule has 7 nitrogen and oxygen atoms in total. The summed E-state index contributed by atoms with van der Waals surface area (Å²) in [7, 11) is 0. The fourth-order valence-corrected chi connectivity index (χ4v) is 2.68. The third kappa shape index (κ3) is 5.80. The average molecular weight is 392 g/mol. The maximum absolute atomic E-state index is 12.4. The van der Waals surface area contributed by atoms with E-state index in [2.05, 4.69) is 10.6 Å². The monoisotopic (exact) mass is 392 g/mol. The Hall–Kier alpha value is -3.87. The van der Waals surface area contributed by atoms with E-state index in [9.17, 15) is 14.7 Å². The van der Waals surface area contributed by atoms with E-state index >= 15 is 0 Å². The van der Waals surface area contributed by atoms with E-state index in [-0.39, 0.29) is 24.1 Å². The van der Waals surface area contributed by atoms with Crippen molar-refractivity contribution in [1.29, 1.82) is 0 Å². The molecule has 2 amide bonds. The first-order valence-corrected chi connectivity index (χ1v) is 9.15. The third-order valence-electron chi connectivity index (χ3n) is 4.02. The number of carbonyl (C=O) groups excluding carboxylic acids is 2. The van der Waals surface area contributed by atoms with Crippen molar-refractivity contribution in [3.05, 3.63) is 78.6 Å². The Morgan fingerprint density at radius 2 is 1.62 bits per heavy atom. The van der Waals surface area contributed by atoms with Gasteiger partial charge in [0.1, 0.15) is 5.75 Å². The molecule has 3 aromatic rings. The summed E-state index contributed by atoms with van der Waals surface area (Å²) >= 11 is 0. The van der Waals surface area contributed by atoms with Crippen LogP contribution in [-0.4, -0.2) is 23.5 Å². The highest BCUT2D eigenvalue weighted by molar-refractivity contribution is 6.04. The molecule has 0 aliphatic heterocycles. The van der Waals surface area contributed by atoms with Gasteiger partial charge in [-0.15, -0.1) is 0 Å². The normalized spacial score (nSPS) is 10.2. The van der Waals surface area contributed by atoms with Crippen LogP contribution < -0.4 is 19.9 Å². The molecule has 2 aromatic carbocycles. The number of pyridine rings is 1. The highest BCUT2D eigenvalue weighted by Crippen LogP contribution is 2.17. The topological polar surface area (TPSA) is 91.5 Å². The molecule has 0 saturated heterocycles. The average Bonchev–Trinajstić information content (AvgIpc) is 2.70. The van der Waals surface area contributed by atoms with Crippen LogP contribution in [0, 0.1) is 0 Å². The molecular weight excluding hydrogens is 370 g/mol. The minimum absolute atomic E-state index is 0.0639. The summed E-state index contributed by atoms with van der Waals surface area (Å²) in [4.78, 5) is 24.5. The standard InChI is InChI=1S/C22H21N3O4/c1-2-29-20-11-9-18(10-12-20)24-22(28)16-5-7-17(8-6-16)23-21(27)15-25-13-3-4-19(26)14-25/h3-14H,2,15H2,1H3,(H2-,23,24,26,27,28)/p+1. The summed E-state index contributed by atoms with van der Waals surface area (Å²) in [6, 6.07) is 16.9. The summed E-state index contributed by atoms with van der Waals surface area (Å²) in [6.07, 6.45) is 3.15. The maximum Gasteiger partial charge on any atom is 0.290 e. The van der Waals surface area contributed by atoms with Crippen LogP contribution in [0.3, 0.4) is 0 Å². The van der Waals surface area contributed by atoms with Crippen LogP contribution in [0.5, 0.6) is 11.5 Å². The van der Waals surface area contributed by atoms with Crippen molar-refractivity contribution in [2.45, 2.75) is 13.5 Å². The van der Waals surface area contributed by atoms with E-state index in [1.54, 1.807) is 65.4 Å². The largest absolute Gasteiger partial charge is 0.503 e. The van der Waals surface area contributed by atoms with Crippen molar-refractivity contribution in [3.8, 4) is 11.5 Å². The van der Waals surface area contributed by atoms with Gasteiger partial charge in [0.05, 0.1) is 6.61 Å². The molecule has 3 N–H and O–H groups in total. The molecule has 148 valence electrons. The molecule has 29 heavy (non-hydrogen) atoms. The van der Waals surface area contributed by atoms with Gasteiger partial charge >= 0.3 is 0 Å². The van der Waals surface area contributed by atoms with Crippen LogP contribution in [-0.2, 0) is 11.3 Å². The summed E-state index contributed by atoms with van der Waals surface area (Å²) in [5, 5.41) is 15.0. The second kappa shape index (κ2) is 9.36. The molecule has 0 aliphatic rings. The van der Waals surface area contributed by atoms with Gasteiger partial charge in [-0.2, -0.15) is 4.57 Å². The number of ether oxygens (including phenoxy) is 1. The van der Waals surface area contributed by atoms with Crippen molar-refractivity contribution in [2.24, 2.45) is 0 Å². The predicted octanol–water partition coefficient (Wildman–Crippen LogP) is 2.97. The summed E-state index contributed by atoms with van der Waals surface area (Å²) < 4.78 is 6.95. The number of rotatable bonds is 7. The first kappa shape index (κ1) is 19.9. The number of hydrogen-bond donors (Lipinski definition) is 3. The number of nitrogens with one attached hydrogen (secondary N) is 2. The van der Waals surface area contributed by atoms with E-state index < -0.39 is 0 Å². The number of hydrogen-bond acceptors (Lipinski definition) is 4. The van der Waals surface area contributed by atoms with E-state index in [0.717, 1.165) is 5.75 Å². The van der Waals surface area contributed by atoms with E-state index in [0.29, 0.717) is 23.5 Å². The molecule has 7 heteroatoms. The van der Waals surface area contributed by atoms with Gasteiger partial charge in [0.15, 0.2) is 11.9 Å². The first-order chi connectivity index (χ1) is 14.0. The third-order valence-corrected chi connectivity index (χ3v) is 4.02. The number of carbonyl (C=O) groups is 2. The predicted molar refractivity (Wildman–Crippen MR) is 109 cm³/mol. The van der Waals surface area contributed by atoms with Crippen molar-refractivity contribution >= 4 is 23.2 Å². The lowest BCUT2D eigenvalue weighted by molar-refractivity contribution is -0.684. The molecule has 0 radical (unpaired) electrons. The minimum atomic E-state index is -0.248. The molecule has 0 spiro atoms. The van der Waals surface area contributed by atoms with Gasteiger partial charge in [0.25, 0.3) is 11.8 Å². The van der Waals surface area contributed by atoms with Crippen LogP contribution in [0.25, 0.3) is 0 Å². The fraction of sp³-hybridized carbons (Fsp3) is 0.136. The van der Waals surface area contributed by atoms with Crippen LogP contribution >= 0.6 is 0 Å². The van der Waals surface area contributed by atoms with E-state index in [1.807, 2.05) is 6.92 Å². The Labute approximate surface area is 168 Å². The van der Waals surface area contributed by atoms with E-state index in [1.165, 1.54) is 12.3 Å². The Kier molecular flexibility index (Phi) is 6.42. The molecule has 0 bridgehead atoms. The second-order valence-electron chi connectivity index (χ2n) is 6.27. The fourth-order valence-electron chi connectivity index (χ4n) is 2.68. The minimum Gasteiger partial charge on any atom is -0.503 e. The van der Waals surface area contributed by atoms with Gasteiger partial charge < -0.3 is 20.5 Å². The maximum atomic E-state index is 12.4. The van der Waals surface area contributed by atoms with Crippen LogP contribution in [0.1, 0.15) is 17.3 Å². The zero-order chi connectivity index (χ0) is 20.6. The molecular formula is C22H22N3O4+. The van der Waals surface area contributed by atoms with Gasteiger partial charge in [-0.25, -0.2) is 0 Å². The Balaban J connectivity index is 1.56. The Bertz CT molecular complexity index is 986. The molecule has 1 heterocycles. The molecule has 0 saturated carbocycles. The van der Waals surface area contributed by atoms with Gasteiger partial charge in [-0.05, 0) is 61.5 Å². The lowest BCUT2D eigenvalue weighted by Crippen LogP contribution is -2.39. The SMILES string of the molecule is CCOc1ccc(NC(=O)c2ccc(NC(=O)C[n+]3cccc(O)c3)cc2)cc1. The molecule has 1 aromatic heterocycles. The Morgan fingerprint density at radius 1 is 0.966 bits per heavy atom. The zero-order valence-electron chi connectivity index (χ0n) is 16.0. The van der Waals surface area contributed by atoms with Crippen molar-refractivity contribution in [1.82, 2.24) is 0 Å². The van der Waals surface area contributed by atoms with Crippen LogP contribution in [0.15, 0.2) is 73.1 Å². The number of nitrogens with zero attached hydrogens (tertiary/aromatic N) is 1.